The number of pyridine rings is 1. The van der Waals surface area contributed by atoms with Crippen molar-refractivity contribution in [1.29, 1.82) is 0 Å². The first kappa shape index (κ1) is 11.0. The van der Waals surface area contributed by atoms with Gasteiger partial charge in [0.2, 0.25) is 5.88 Å². The summed E-state index contributed by atoms with van der Waals surface area (Å²) in [5.74, 6) is 1.02. The van der Waals surface area contributed by atoms with Crippen molar-refractivity contribution in [1.82, 2.24) is 15.0 Å². The summed E-state index contributed by atoms with van der Waals surface area (Å²) in [5, 5.41) is 0. The van der Waals surface area contributed by atoms with Gasteiger partial charge in [0.25, 0.3) is 0 Å². The molecule has 2 heterocycles. The molecule has 0 aliphatic rings. The topological polar surface area (TPSA) is 73.9 Å². The zero-order chi connectivity index (χ0) is 11.4. The fraction of sp³-hybridized carbons (Fsp3) is 0.100. The average Bonchev–Trinajstić information content (AvgIpc) is 2.30. The summed E-state index contributed by atoms with van der Waals surface area (Å²) in [6.07, 6.45) is 6.39. The van der Waals surface area contributed by atoms with Crippen LogP contribution in [0.1, 0.15) is 5.69 Å². The maximum absolute atomic E-state index is 5.45. The van der Waals surface area contributed by atoms with Gasteiger partial charge in [-0.15, -0.1) is 0 Å². The van der Waals surface area contributed by atoms with E-state index in [0.717, 1.165) is 10.2 Å². The maximum Gasteiger partial charge on any atom is 0.237 e. The molecule has 0 unspecified atom stereocenters. The molecule has 0 radical (unpaired) electrons. The molecule has 82 valence electrons. The Morgan fingerprint density at radius 1 is 1.19 bits per heavy atom. The van der Waals surface area contributed by atoms with Crippen molar-refractivity contribution in [2.24, 2.45) is 5.73 Å². The molecule has 2 N–H and O–H groups in total. The van der Waals surface area contributed by atoms with Crippen molar-refractivity contribution in [3.05, 3.63) is 41.0 Å². The Hall–Kier alpha value is -1.53. The number of nitrogens with zero attached hydrogens (tertiary/aromatic N) is 3. The largest absolute Gasteiger partial charge is 0.436 e. The zero-order valence-electron chi connectivity index (χ0n) is 8.30. The summed E-state index contributed by atoms with van der Waals surface area (Å²) in [4.78, 5) is 12.1. The van der Waals surface area contributed by atoms with Crippen LogP contribution in [0.15, 0.2) is 35.3 Å². The van der Waals surface area contributed by atoms with Crippen LogP contribution in [0, 0.1) is 0 Å². The van der Waals surface area contributed by atoms with E-state index in [9.17, 15) is 0 Å². The predicted octanol–water partition coefficient (Wildman–Crippen LogP) is 1.89. The van der Waals surface area contributed by atoms with Crippen LogP contribution in [0.3, 0.4) is 0 Å². The van der Waals surface area contributed by atoms with Gasteiger partial charge >= 0.3 is 0 Å². The Morgan fingerprint density at radius 2 is 2.06 bits per heavy atom. The predicted molar refractivity (Wildman–Crippen MR) is 61.9 cm³/mol. The number of aromatic nitrogens is 3. The van der Waals surface area contributed by atoms with Gasteiger partial charge in [0.15, 0.2) is 0 Å². The molecule has 5 nitrogen and oxygen atoms in total. The van der Waals surface area contributed by atoms with E-state index in [0.29, 0.717) is 18.2 Å². The molecule has 2 rings (SSSR count). The summed E-state index contributed by atoms with van der Waals surface area (Å²) in [7, 11) is 0. The molecule has 16 heavy (non-hydrogen) atoms. The third-order valence-electron chi connectivity index (χ3n) is 1.79. The van der Waals surface area contributed by atoms with Gasteiger partial charge in [-0.3, -0.25) is 9.97 Å². The van der Waals surface area contributed by atoms with Crippen LogP contribution in [-0.4, -0.2) is 15.0 Å². The summed E-state index contributed by atoms with van der Waals surface area (Å²) in [6.45, 7) is 0.367. The molecule has 0 fully saturated rings. The second-order valence-corrected chi connectivity index (χ2v) is 3.91. The highest BCUT2D eigenvalue weighted by atomic mass is 79.9. The standard InChI is InChI=1S/C10H9BrN4O/c11-7-1-9(5-13-3-7)16-10-6-14-8(2-12)4-15-10/h1,3-6H,2,12H2. The molecule has 0 atom stereocenters. The Kier molecular flexibility index (Phi) is 3.43. The second kappa shape index (κ2) is 5.00. The van der Waals surface area contributed by atoms with E-state index in [1.807, 2.05) is 0 Å². The molecule has 0 amide bonds. The Labute approximate surface area is 101 Å². The highest BCUT2D eigenvalue weighted by Gasteiger charge is 2.00. The molecule has 0 aliphatic heterocycles. The van der Waals surface area contributed by atoms with Gasteiger partial charge in [0, 0.05) is 17.2 Å². The Bertz CT molecular complexity index is 475. The number of nitrogens with two attached hydrogens (primary N) is 1. The summed E-state index contributed by atoms with van der Waals surface area (Å²) in [6, 6.07) is 1.80. The van der Waals surface area contributed by atoms with Crippen LogP contribution in [0.25, 0.3) is 0 Å². The normalized spacial score (nSPS) is 10.1. The minimum absolute atomic E-state index is 0.367. The second-order valence-electron chi connectivity index (χ2n) is 2.99. The van der Waals surface area contributed by atoms with Crippen LogP contribution in [0.5, 0.6) is 11.6 Å². The first-order valence-electron chi connectivity index (χ1n) is 4.57. The SMILES string of the molecule is NCc1cnc(Oc2cncc(Br)c2)cn1. The van der Waals surface area contributed by atoms with E-state index in [4.69, 9.17) is 10.5 Å². The van der Waals surface area contributed by atoms with Crippen LogP contribution in [0.4, 0.5) is 0 Å². The molecule has 0 saturated carbocycles. The molecule has 0 aliphatic carbocycles. The van der Waals surface area contributed by atoms with E-state index in [1.54, 1.807) is 24.7 Å². The van der Waals surface area contributed by atoms with Crippen molar-refractivity contribution in [2.45, 2.75) is 6.54 Å². The van der Waals surface area contributed by atoms with Crippen LogP contribution in [-0.2, 0) is 6.54 Å². The van der Waals surface area contributed by atoms with E-state index >= 15 is 0 Å². The third-order valence-corrected chi connectivity index (χ3v) is 2.23. The minimum Gasteiger partial charge on any atom is -0.436 e. The fourth-order valence-electron chi connectivity index (χ4n) is 1.07. The van der Waals surface area contributed by atoms with Gasteiger partial charge in [-0.1, -0.05) is 0 Å². The molecule has 2 aromatic rings. The van der Waals surface area contributed by atoms with Crippen molar-refractivity contribution < 1.29 is 4.74 Å². The lowest BCUT2D eigenvalue weighted by atomic mass is 10.4. The molecular weight excluding hydrogens is 272 g/mol. The van der Waals surface area contributed by atoms with E-state index in [2.05, 4.69) is 30.9 Å². The van der Waals surface area contributed by atoms with Crippen LogP contribution < -0.4 is 10.5 Å². The van der Waals surface area contributed by atoms with Crippen molar-refractivity contribution in [3.8, 4) is 11.6 Å². The molecule has 0 saturated heterocycles. The van der Waals surface area contributed by atoms with Gasteiger partial charge < -0.3 is 10.5 Å². The summed E-state index contributed by atoms with van der Waals surface area (Å²) >= 11 is 3.30. The van der Waals surface area contributed by atoms with Crippen molar-refractivity contribution in [3.63, 3.8) is 0 Å². The number of halogens is 1. The lowest BCUT2D eigenvalue weighted by Crippen LogP contribution is -2.00. The molecule has 2 aromatic heterocycles. The number of hydrogen-bond acceptors (Lipinski definition) is 5. The van der Waals surface area contributed by atoms with Crippen LogP contribution in [0.2, 0.25) is 0 Å². The summed E-state index contributed by atoms with van der Waals surface area (Å²) < 4.78 is 6.30. The molecule has 6 heteroatoms. The Morgan fingerprint density at radius 3 is 2.69 bits per heavy atom. The van der Waals surface area contributed by atoms with Gasteiger partial charge in [-0.05, 0) is 22.0 Å². The Balaban J connectivity index is 2.14. The van der Waals surface area contributed by atoms with Crippen molar-refractivity contribution in [2.75, 3.05) is 0 Å². The molecule has 0 bridgehead atoms. The first-order chi connectivity index (χ1) is 7.78. The average molecular weight is 281 g/mol. The zero-order valence-corrected chi connectivity index (χ0v) is 9.89. The molecule has 0 spiro atoms. The minimum atomic E-state index is 0.367. The number of rotatable bonds is 3. The maximum atomic E-state index is 5.45. The van der Waals surface area contributed by atoms with E-state index in [-0.39, 0.29) is 0 Å². The molecule has 0 aromatic carbocycles. The fourth-order valence-corrected chi connectivity index (χ4v) is 1.41. The van der Waals surface area contributed by atoms with Gasteiger partial charge in [-0.25, -0.2) is 4.98 Å². The lowest BCUT2D eigenvalue weighted by molar-refractivity contribution is 0.457. The van der Waals surface area contributed by atoms with Gasteiger partial charge in [0.05, 0.1) is 24.3 Å². The van der Waals surface area contributed by atoms with Crippen LogP contribution >= 0.6 is 15.9 Å². The smallest absolute Gasteiger partial charge is 0.237 e. The summed E-state index contributed by atoms with van der Waals surface area (Å²) in [5.41, 5.74) is 6.13. The van der Waals surface area contributed by atoms with E-state index in [1.165, 1.54) is 6.20 Å². The quantitative estimate of drug-likeness (QED) is 0.929. The van der Waals surface area contributed by atoms with Gasteiger partial charge in [-0.2, -0.15) is 0 Å². The lowest BCUT2D eigenvalue weighted by Gasteiger charge is -2.04. The van der Waals surface area contributed by atoms with Gasteiger partial charge in [0.1, 0.15) is 5.75 Å². The highest BCUT2D eigenvalue weighted by Crippen LogP contribution is 2.20. The van der Waals surface area contributed by atoms with E-state index < -0.39 is 0 Å². The third kappa shape index (κ3) is 2.74. The monoisotopic (exact) mass is 280 g/mol. The molecular formula is C10H9BrN4O. The van der Waals surface area contributed by atoms with Crippen molar-refractivity contribution >= 4 is 15.9 Å². The number of ether oxygens (including phenoxy) is 1. The first-order valence-corrected chi connectivity index (χ1v) is 5.36. The highest BCUT2D eigenvalue weighted by molar-refractivity contribution is 9.10. The number of hydrogen-bond donors (Lipinski definition) is 1.